The summed E-state index contributed by atoms with van der Waals surface area (Å²) < 4.78 is 2.06. The van der Waals surface area contributed by atoms with Crippen LogP contribution in [0.5, 0.6) is 0 Å². The van der Waals surface area contributed by atoms with Crippen LogP contribution in [0.4, 0.5) is 0 Å². The molecule has 0 spiro atoms. The Bertz CT molecular complexity index is 383. The topological polar surface area (TPSA) is 29.9 Å². The fourth-order valence-corrected chi connectivity index (χ4v) is 3.13. The molecular weight excluding hydrogens is 258 g/mol. The van der Waals surface area contributed by atoms with Crippen LogP contribution in [0, 0.1) is 5.92 Å². The summed E-state index contributed by atoms with van der Waals surface area (Å²) in [5.41, 5.74) is 2.21. The summed E-state index contributed by atoms with van der Waals surface area (Å²) in [7, 11) is 2.05. The quantitative estimate of drug-likeness (QED) is 0.789. The van der Waals surface area contributed by atoms with Crippen molar-refractivity contribution in [3.63, 3.8) is 0 Å². The predicted octanol–water partition coefficient (Wildman–Crippen LogP) is 3.69. The van der Waals surface area contributed by atoms with E-state index in [1.807, 2.05) is 7.05 Å². The average Bonchev–Trinajstić information content (AvgIpc) is 2.74. The SMILES string of the molecule is CCc1nn(CC)c(CC(NC)C(CC)CC)c1Cl. The lowest BCUT2D eigenvalue weighted by atomic mass is 9.91. The van der Waals surface area contributed by atoms with Crippen LogP contribution in [0.3, 0.4) is 0 Å². The van der Waals surface area contributed by atoms with Gasteiger partial charge in [-0.3, -0.25) is 4.68 Å². The van der Waals surface area contributed by atoms with Crippen molar-refractivity contribution in [1.82, 2.24) is 15.1 Å². The van der Waals surface area contributed by atoms with Crippen LogP contribution in [-0.2, 0) is 19.4 Å². The monoisotopic (exact) mass is 285 g/mol. The second-order valence-electron chi connectivity index (χ2n) is 5.05. The number of aromatic nitrogens is 2. The molecule has 1 heterocycles. The molecule has 1 unspecified atom stereocenters. The van der Waals surface area contributed by atoms with Gasteiger partial charge in [-0.05, 0) is 26.3 Å². The Hall–Kier alpha value is -0.540. The van der Waals surface area contributed by atoms with Gasteiger partial charge in [-0.15, -0.1) is 0 Å². The fourth-order valence-electron chi connectivity index (χ4n) is 2.78. The molecule has 4 heteroatoms. The molecule has 0 fully saturated rings. The highest BCUT2D eigenvalue weighted by Crippen LogP contribution is 2.25. The second kappa shape index (κ2) is 7.91. The molecule has 1 atom stereocenters. The zero-order valence-corrected chi connectivity index (χ0v) is 13.7. The lowest BCUT2D eigenvalue weighted by molar-refractivity contribution is 0.343. The first kappa shape index (κ1) is 16.5. The smallest absolute Gasteiger partial charge is 0.0850 e. The van der Waals surface area contributed by atoms with E-state index in [4.69, 9.17) is 11.6 Å². The number of hydrogen-bond donors (Lipinski definition) is 1. The van der Waals surface area contributed by atoms with Crippen molar-refractivity contribution in [2.45, 2.75) is 66.0 Å². The number of nitrogens with zero attached hydrogens (tertiary/aromatic N) is 2. The summed E-state index contributed by atoms with van der Waals surface area (Å²) in [5, 5.41) is 8.93. The Morgan fingerprint density at radius 1 is 1.21 bits per heavy atom. The highest BCUT2D eigenvalue weighted by Gasteiger charge is 2.22. The van der Waals surface area contributed by atoms with Crippen molar-refractivity contribution in [1.29, 1.82) is 0 Å². The lowest BCUT2D eigenvalue weighted by Crippen LogP contribution is -2.35. The Morgan fingerprint density at radius 3 is 2.26 bits per heavy atom. The van der Waals surface area contributed by atoms with Crippen LogP contribution in [-0.4, -0.2) is 22.9 Å². The van der Waals surface area contributed by atoms with E-state index in [0.29, 0.717) is 12.0 Å². The van der Waals surface area contributed by atoms with Crippen molar-refractivity contribution in [2.24, 2.45) is 5.92 Å². The van der Waals surface area contributed by atoms with Crippen LogP contribution in [0.2, 0.25) is 5.02 Å². The molecule has 0 aliphatic carbocycles. The largest absolute Gasteiger partial charge is 0.316 e. The van der Waals surface area contributed by atoms with Crippen LogP contribution in [0.15, 0.2) is 0 Å². The Kier molecular flexibility index (Phi) is 6.87. The van der Waals surface area contributed by atoms with E-state index in [0.717, 1.165) is 30.1 Å². The molecule has 0 aromatic carbocycles. The minimum Gasteiger partial charge on any atom is -0.316 e. The van der Waals surface area contributed by atoms with Gasteiger partial charge in [0.25, 0.3) is 0 Å². The van der Waals surface area contributed by atoms with Gasteiger partial charge in [0, 0.05) is 19.0 Å². The molecule has 1 N–H and O–H groups in total. The molecule has 110 valence electrons. The van der Waals surface area contributed by atoms with Gasteiger partial charge in [0.05, 0.1) is 16.4 Å². The highest BCUT2D eigenvalue weighted by molar-refractivity contribution is 6.31. The van der Waals surface area contributed by atoms with E-state index in [1.54, 1.807) is 0 Å². The molecule has 0 radical (unpaired) electrons. The van der Waals surface area contributed by atoms with Crippen LogP contribution < -0.4 is 5.32 Å². The number of hydrogen-bond acceptors (Lipinski definition) is 2. The molecule has 3 nitrogen and oxygen atoms in total. The number of rotatable bonds is 8. The molecule has 19 heavy (non-hydrogen) atoms. The highest BCUT2D eigenvalue weighted by atomic mass is 35.5. The summed E-state index contributed by atoms with van der Waals surface area (Å²) in [6.07, 6.45) is 4.25. The van der Waals surface area contributed by atoms with Gasteiger partial charge in [0.1, 0.15) is 0 Å². The molecule has 1 aromatic heterocycles. The Labute approximate surface area is 122 Å². The number of likely N-dealkylation sites (N-methyl/N-ethyl adjacent to an activating group) is 1. The van der Waals surface area contributed by atoms with Crippen molar-refractivity contribution in [3.05, 3.63) is 16.4 Å². The summed E-state index contributed by atoms with van der Waals surface area (Å²) in [6, 6.07) is 0.471. The summed E-state index contributed by atoms with van der Waals surface area (Å²) in [6.45, 7) is 9.63. The van der Waals surface area contributed by atoms with Crippen LogP contribution in [0.25, 0.3) is 0 Å². The molecule has 0 bridgehead atoms. The van der Waals surface area contributed by atoms with Crippen molar-refractivity contribution >= 4 is 11.6 Å². The maximum Gasteiger partial charge on any atom is 0.0850 e. The molecule has 0 aliphatic rings. The standard InChI is InChI=1S/C15H28ClN3/c1-6-11(7-2)13(17-5)10-14-15(16)12(8-3)18-19(14)9-4/h11,13,17H,6-10H2,1-5H3. The predicted molar refractivity (Wildman–Crippen MR) is 82.9 cm³/mol. The first-order valence-corrected chi connectivity index (χ1v) is 7.91. The fraction of sp³-hybridized carbons (Fsp3) is 0.800. The molecule has 0 saturated carbocycles. The first-order chi connectivity index (χ1) is 9.12. The van der Waals surface area contributed by atoms with Crippen molar-refractivity contribution in [3.8, 4) is 0 Å². The first-order valence-electron chi connectivity index (χ1n) is 7.53. The van der Waals surface area contributed by atoms with Gasteiger partial charge in [0.15, 0.2) is 0 Å². The summed E-state index contributed by atoms with van der Waals surface area (Å²) >= 11 is 6.49. The minimum atomic E-state index is 0.471. The Morgan fingerprint density at radius 2 is 1.84 bits per heavy atom. The third-order valence-electron chi connectivity index (χ3n) is 4.10. The lowest BCUT2D eigenvalue weighted by Gasteiger charge is -2.25. The number of nitrogens with one attached hydrogen (secondary N) is 1. The molecule has 1 aromatic rings. The van der Waals surface area contributed by atoms with Gasteiger partial charge < -0.3 is 5.32 Å². The van der Waals surface area contributed by atoms with Crippen molar-refractivity contribution in [2.75, 3.05) is 7.05 Å². The van der Waals surface area contributed by atoms with E-state index in [2.05, 4.69) is 42.8 Å². The zero-order chi connectivity index (χ0) is 14.4. The Balaban J connectivity index is 2.98. The van der Waals surface area contributed by atoms with E-state index in [-0.39, 0.29) is 0 Å². The number of aryl methyl sites for hydroxylation is 2. The molecule has 0 saturated heterocycles. The van der Waals surface area contributed by atoms with E-state index in [9.17, 15) is 0 Å². The third kappa shape index (κ3) is 3.73. The molecule has 0 aliphatic heterocycles. The average molecular weight is 286 g/mol. The van der Waals surface area contributed by atoms with Crippen LogP contribution in [0.1, 0.15) is 51.9 Å². The maximum atomic E-state index is 6.49. The minimum absolute atomic E-state index is 0.471. The van der Waals surface area contributed by atoms with E-state index in [1.165, 1.54) is 18.5 Å². The third-order valence-corrected chi connectivity index (χ3v) is 4.53. The maximum absolute atomic E-state index is 6.49. The van der Waals surface area contributed by atoms with E-state index >= 15 is 0 Å². The molecular formula is C15H28ClN3. The normalized spacial score (nSPS) is 13.2. The summed E-state index contributed by atoms with van der Waals surface area (Å²) in [5.74, 6) is 0.686. The van der Waals surface area contributed by atoms with Gasteiger partial charge >= 0.3 is 0 Å². The van der Waals surface area contributed by atoms with Gasteiger partial charge in [-0.2, -0.15) is 5.10 Å². The second-order valence-corrected chi connectivity index (χ2v) is 5.43. The van der Waals surface area contributed by atoms with Gasteiger partial charge in [0.2, 0.25) is 0 Å². The van der Waals surface area contributed by atoms with Gasteiger partial charge in [-0.1, -0.05) is 45.2 Å². The van der Waals surface area contributed by atoms with E-state index < -0.39 is 0 Å². The van der Waals surface area contributed by atoms with Gasteiger partial charge in [-0.25, -0.2) is 0 Å². The van der Waals surface area contributed by atoms with Crippen LogP contribution >= 0.6 is 11.6 Å². The zero-order valence-electron chi connectivity index (χ0n) is 13.0. The summed E-state index contributed by atoms with van der Waals surface area (Å²) in [4.78, 5) is 0. The molecule has 0 amide bonds. The van der Waals surface area contributed by atoms with Crippen molar-refractivity contribution < 1.29 is 0 Å². The molecule has 1 rings (SSSR count). The number of halogens is 1.